The summed E-state index contributed by atoms with van der Waals surface area (Å²) in [5.74, 6) is -0.930. The number of carbonyl (C=O) groups is 1. The van der Waals surface area contributed by atoms with E-state index in [2.05, 4.69) is 4.98 Å². The van der Waals surface area contributed by atoms with E-state index in [1.807, 2.05) is 6.07 Å². The summed E-state index contributed by atoms with van der Waals surface area (Å²) in [6, 6.07) is 3.01. The lowest BCUT2D eigenvalue weighted by Gasteiger charge is -2.05. The molecule has 0 spiro atoms. The maximum atomic E-state index is 10.5. The van der Waals surface area contributed by atoms with Crippen molar-refractivity contribution in [2.24, 2.45) is 5.73 Å². The summed E-state index contributed by atoms with van der Waals surface area (Å²) in [5.41, 5.74) is 6.90. The molecule has 2 heterocycles. The van der Waals surface area contributed by atoms with E-state index in [-0.39, 0.29) is 6.42 Å². The number of hydrogen-bond donors (Lipinski definition) is 2. The molecular formula is C10H10N2O3. The minimum Gasteiger partial charge on any atom is -0.481 e. The Morgan fingerprint density at radius 3 is 3.20 bits per heavy atom. The largest absolute Gasteiger partial charge is 0.481 e. The Balaban J connectivity index is 2.39. The molecule has 1 unspecified atom stereocenters. The topological polar surface area (TPSA) is 89.4 Å². The van der Waals surface area contributed by atoms with Gasteiger partial charge < -0.3 is 15.3 Å². The van der Waals surface area contributed by atoms with Gasteiger partial charge in [0.25, 0.3) is 0 Å². The van der Waals surface area contributed by atoms with Gasteiger partial charge in [0, 0.05) is 23.2 Å². The minimum atomic E-state index is -0.930. The molecule has 5 nitrogen and oxygen atoms in total. The Labute approximate surface area is 85.5 Å². The number of aliphatic carboxylic acids is 1. The van der Waals surface area contributed by atoms with Crippen molar-refractivity contribution in [3.05, 3.63) is 30.2 Å². The van der Waals surface area contributed by atoms with Crippen LogP contribution in [0.2, 0.25) is 0 Å². The minimum absolute atomic E-state index is 0.122. The molecule has 15 heavy (non-hydrogen) atoms. The van der Waals surface area contributed by atoms with Crippen LogP contribution in [0.5, 0.6) is 0 Å². The van der Waals surface area contributed by atoms with Crippen LogP contribution >= 0.6 is 0 Å². The van der Waals surface area contributed by atoms with Crippen LogP contribution in [-0.2, 0) is 4.79 Å². The molecular weight excluding hydrogens is 196 g/mol. The number of pyridine rings is 1. The number of hydrogen-bond acceptors (Lipinski definition) is 4. The first-order valence-electron chi connectivity index (χ1n) is 4.48. The van der Waals surface area contributed by atoms with E-state index in [9.17, 15) is 4.79 Å². The highest BCUT2D eigenvalue weighted by Gasteiger charge is 2.16. The smallest absolute Gasteiger partial charge is 0.305 e. The fraction of sp³-hybridized carbons (Fsp3) is 0.200. The molecule has 0 fully saturated rings. The number of carboxylic acids is 1. The van der Waals surface area contributed by atoms with Crippen LogP contribution in [0.3, 0.4) is 0 Å². The van der Waals surface area contributed by atoms with Crippen LogP contribution in [0.25, 0.3) is 11.1 Å². The van der Waals surface area contributed by atoms with Gasteiger partial charge in [0.1, 0.15) is 0 Å². The van der Waals surface area contributed by atoms with Crippen molar-refractivity contribution in [3.8, 4) is 0 Å². The summed E-state index contributed by atoms with van der Waals surface area (Å²) in [6.07, 6.45) is 2.95. The van der Waals surface area contributed by atoms with E-state index >= 15 is 0 Å². The van der Waals surface area contributed by atoms with Crippen molar-refractivity contribution in [3.63, 3.8) is 0 Å². The molecule has 0 radical (unpaired) electrons. The van der Waals surface area contributed by atoms with Gasteiger partial charge in [0.05, 0.1) is 12.7 Å². The molecule has 3 N–H and O–H groups in total. The van der Waals surface area contributed by atoms with Gasteiger partial charge in [0.2, 0.25) is 5.71 Å². The molecule has 0 amide bonds. The zero-order valence-electron chi connectivity index (χ0n) is 7.88. The number of carboxylic acid groups (broad SMARTS) is 1. The van der Waals surface area contributed by atoms with Crippen LogP contribution in [0.4, 0.5) is 0 Å². The van der Waals surface area contributed by atoms with E-state index < -0.39 is 12.0 Å². The summed E-state index contributed by atoms with van der Waals surface area (Å²) in [7, 11) is 0. The van der Waals surface area contributed by atoms with Gasteiger partial charge in [-0.05, 0) is 12.1 Å². The second-order valence-corrected chi connectivity index (χ2v) is 3.25. The predicted molar refractivity (Wildman–Crippen MR) is 53.2 cm³/mol. The van der Waals surface area contributed by atoms with Crippen molar-refractivity contribution in [1.29, 1.82) is 0 Å². The van der Waals surface area contributed by atoms with Gasteiger partial charge in [-0.15, -0.1) is 0 Å². The molecule has 0 aliphatic heterocycles. The summed E-state index contributed by atoms with van der Waals surface area (Å²) < 4.78 is 5.17. The lowest BCUT2D eigenvalue weighted by molar-refractivity contribution is -0.137. The quantitative estimate of drug-likeness (QED) is 0.790. The summed E-state index contributed by atoms with van der Waals surface area (Å²) >= 11 is 0. The normalized spacial score (nSPS) is 12.9. The predicted octanol–water partition coefficient (Wildman–Crippen LogP) is 1.30. The third kappa shape index (κ3) is 1.82. The Kier molecular flexibility index (Phi) is 2.39. The van der Waals surface area contributed by atoms with Crippen molar-refractivity contribution < 1.29 is 14.3 Å². The highest BCUT2D eigenvalue weighted by atomic mass is 16.4. The summed E-state index contributed by atoms with van der Waals surface area (Å²) in [5, 5.41) is 9.40. The van der Waals surface area contributed by atoms with Gasteiger partial charge in [0.15, 0.2) is 0 Å². The van der Waals surface area contributed by atoms with Crippen LogP contribution in [0.15, 0.2) is 29.0 Å². The lowest BCUT2D eigenvalue weighted by Crippen LogP contribution is -2.14. The standard InChI is InChI=1S/C10H10N2O3/c11-8(4-9(13)14)7-5-15-10-6(7)2-1-3-12-10/h1-3,5,8H,4,11H2,(H,13,14). The Hall–Kier alpha value is -1.88. The van der Waals surface area contributed by atoms with Crippen molar-refractivity contribution >= 4 is 17.1 Å². The average molecular weight is 206 g/mol. The number of aromatic nitrogens is 1. The highest BCUT2D eigenvalue weighted by molar-refractivity contribution is 5.79. The monoisotopic (exact) mass is 206 g/mol. The summed E-state index contributed by atoms with van der Waals surface area (Å²) in [6.45, 7) is 0. The number of furan rings is 1. The van der Waals surface area contributed by atoms with Crippen LogP contribution in [0, 0.1) is 0 Å². The van der Waals surface area contributed by atoms with Crippen LogP contribution < -0.4 is 5.73 Å². The van der Waals surface area contributed by atoms with E-state index in [0.717, 1.165) is 5.39 Å². The first-order chi connectivity index (χ1) is 7.18. The second-order valence-electron chi connectivity index (χ2n) is 3.25. The molecule has 0 aromatic carbocycles. The Morgan fingerprint density at radius 1 is 1.67 bits per heavy atom. The van der Waals surface area contributed by atoms with Crippen molar-refractivity contribution in [2.45, 2.75) is 12.5 Å². The molecule has 0 aliphatic carbocycles. The molecule has 0 saturated heterocycles. The first-order valence-corrected chi connectivity index (χ1v) is 4.48. The maximum absolute atomic E-state index is 10.5. The van der Waals surface area contributed by atoms with Crippen LogP contribution in [-0.4, -0.2) is 16.1 Å². The average Bonchev–Trinajstić information content (AvgIpc) is 2.59. The van der Waals surface area contributed by atoms with E-state index in [1.54, 1.807) is 12.3 Å². The Morgan fingerprint density at radius 2 is 2.47 bits per heavy atom. The van der Waals surface area contributed by atoms with E-state index in [4.69, 9.17) is 15.3 Å². The van der Waals surface area contributed by atoms with Crippen molar-refractivity contribution in [1.82, 2.24) is 4.98 Å². The zero-order valence-corrected chi connectivity index (χ0v) is 7.88. The molecule has 5 heteroatoms. The molecule has 1 atom stereocenters. The molecule has 0 bridgehead atoms. The third-order valence-corrected chi connectivity index (χ3v) is 2.17. The molecule has 78 valence electrons. The van der Waals surface area contributed by atoms with Gasteiger partial charge in [-0.3, -0.25) is 4.79 Å². The third-order valence-electron chi connectivity index (χ3n) is 2.17. The molecule has 2 rings (SSSR count). The van der Waals surface area contributed by atoms with Crippen LogP contribution in [0.1, 0.15) is 18.0 Å². The molecule has 2 aromatic rings. The molecule has 2 aromatic heterocycles. The van der Waals surface area contributed by atoms with Gasteiger partial charge in [-0.25, -0.2) is 4.98 Å². The number of nitrogens with zero attached hydrogens (tertiary/aromatic N) is 1. The molecule has 0 saturated carbocycles. The van der Waals surface area contributed by atoms with E-state index in [1.165, 1.54) is 6.26 Å². The van der Waals surface area contributed by atoms with E-state index in [0.29, 0.717) is 11.3 Å². The fourth-order valence-corrected chi connectivity index (χ4v) is 1.47. The maximum Gasteiger partial charge on any atom is 0.305 e. The summed E-state index contributed by atoms with van der Waals surface area (Å²) in [4.78, 5) is 14.5. The SMILES string of the molecule is NC(CC(=O)O)c1coc2ncccc12. The fourth-order valence-electron chi connectivity index (χ4n) is 1.47. The Bertz CT molecular complexity index is 492. The van der Waals surface area contributed by atoms with Crippen molar-refractivity contribution in [2.75, 3.05) is 0 Å². The first kappa shape index (κ1) is 9.67. The number of rotatable bonds is 3. The van der Waals surface area contributed by atoms with Gasteiger partial charge in [-0.2, -0.15) is 0 Å². The zero-order chi connectivity index (χ0) is 10.8. The highest BCUT2D eigenvalue weighted by Crippen LogP contribution is 2.25. The second kappa shape index (κ2) is 3.70. The molecule has 0 aliphatic rings. The lowest BCUT2D eigenvalue weighted by atomic mass is 10.1. The van der Waals surface area contributed by atoms with Gasteiger partial charge in [-0.1, -0.05) is 0 Å². The number of nitrogens with two attached hydrogens (primary N) is 1. The number of fused-ring (bicyclic) bond motifs is 1. The van der Waals surface area contributed by atoms with Gasteiger partial charge >= 0.3 is 5.97 Å².